The lowest BCUT2D eigenvalue weighted by Crippen LogP contribution is -2.33. The van der Waals surface area contributed by atoms with E-state index in [1.54, 1.807) is 30.4 Å². The fraction of sp³-hybridized carbons (Fsp3) is 0.316. The molecule has 0 N–H and O–H groups in total. The average molecular weight is 386 g/mol. The van der Waals surface area contributed by atoms with E-state index in [-0.39, 0.29) is 18.6 Å². The van der Waals surface area contributed by atoms with Gasteiger partial charge in [0.15, 0.2) is 0 Å². The summed E-state index contributed by atoms with van der Waals surface area (Å²) in [4.78, 5) is 26.0. The fourth-order valence-electron chi connectivity index (χ4n) is 2.72. The Balaban J connectivity index is 1.83. The highest BCUT2D eigenvalue weighted by molar-refractivity contribution is 5.56. The van der Waals surface area contributed by atoms with Gasteiger partial charge in [-0.3, -0.25) is 9.78 Å². The highest BCUT2D eigenvalue weighted by Crippen LogP contribution is 2.17. The summed E-state index contributed by atoms with van der Waals surface area (Å²) in [7, 11) is 1.71. The summed E-state index contributed by atoms with van der Waals surface area (Å²) in [6.07, 6.45) is 5.69. The molecular weight excluding hydrogens is 366 g/mol. The molecule has 0 saturated carbocycles. The number of pyridine rings is 1. The van der Waals surface area contributed by atoms with Crippen LogP contribution in [-0.4, -0.2) is 44.0 Å². The van der Waals surface area contributed by atoms with Crippen molar-refractivity contribution in [2.75, 3.05) is 18.5 Å². The Hall–Kier alpha value is -3.23. The maximum Gasteiger partial charge on any atom is 0.267 e. The van der Waals surface area contributed by atoms with Crippen LogP contribution in [0.2, 0.25) is 0 Å². The SMILES string of the molecule is CN(CC(C)(C)F)c1ncc(-c2ccc(=O)n(Cc3cncc(F)c3)n2)cn1. The Kier molecular flexibility index (Phi) is 5.43. The summed E-state index contributed by atoms with van der Waals surface area (Å²) in [6, 6.07) is 4.24. The van der Waals surface area contributed by atoms with E-state index in [0.717, 1.165) is 6.20 Å². The minimum atomic E-state index is -1.38. The lowest BCUT2D eigenvalue weighted by atomic mass is 10.1. The first-order chi connectivity index (χ1) is 13.2. The molecule has 3 aromatic rings. The van der Waals surface area contributed by atoms with Crippen LogP contribution >= 0.6 is 0 Å². The number of aromatic nitrogens is 5. The van der Waals surface area contributed by atoms with Gasteiger partial charge in [0.25, 0.3) is 5.56 Å². The number of hydrogen-bond donors (Lipinski definition) is 0. The van der Waals surface area contributed by atoms with Crippen LogP contribution in [-0.2, 0) is 6.54 Å². The Morgan fingerprint density at radius 1 is 1.14 bits per heavy atom. The molecule has 146 valence electrons. The van der Waals surface area contributed by atoms with Crippen molar-refractivity contribution in [2.24, 2.45) is 0 Å². The molecule has 0 spiro atoms. The molecule has 0 unspecified atom stereocenters. The molecule has 0 atom stereocenters. The smallest absolute Gasteiger partial charge is 0.267 e. The van der Waals surface area contributed by atoms with Crippen molar-refractivity contribution < 1.29 is 8.78 Å². The van der Waals surface area contributed by atoms with E-state index in [4.69, 9.17) is 0 Å². The van der Waals surface area contributed by atoms with Crippen molar-refractivity contribution in [3.8, 4) is 11.3 Å². The average Bonchev–Trinajstić information content (AvgIpc) is 2.62. The van der Waals surface area contributed by atoms with Crippen LogP contribution in [0, 0.1) is 5.82 Å². The van der Waals surface area contributed by atoms with E-state index < -0.39 is 11.5 Å². The van der Waals surface area contributed by atoms with Gasteiger partial charge in [-0.1, -0.05) is 0 Å². The van der Waals surface area contributed by atoms with Crippen LogP contribution in [0.15, 0.2) is 47.8 Å². The van der Waals surface area contributed by atoms with Gasteiger partial charge in [0.05, 0.1) is 25.0 Å². The summed E-state index contributed by atoms with van der Waals surface area (Å²) < 4.78 is 28.3. The monoisotopic (exact) mass is 386 g/mol. The molecule has 3 heterocycles. The van der Waals surface area contributed by atoms with E-state index in [9.17, 15) is 13.6 Å². The molecule has 9 heteroatoms. The summed E-state index contributed by atoms with van der Waals surface area (Å²) in [5, 5.41) is 4.30. The van der Waals surface area contributed by atoms with E-state index >= 15 is 0 Å². The topological polar surface area (TPSA) is 76.8 Å². The summed E-state index contributed by atoms with van der Waals surface area (Å²) >= 11 is 0. The molecule has 3 rings (SSSR count). The van der Waals surface area contributed by atoms with E-state index in [1.165, 1.54) is 36.9 Å². The largest absolute Gasteiger partial charge is 0.341 e. The third kappa shape index (κ3) is 4.93. The van der Waals surface area contributed by atoms with Crippen LogP contribution in [0.5, 0.6) is 0 Å². The second-order valence-corrected chi connectivity index (χ2v) is 7.07. The summed E-state index contributed by atoms with van der Waals surface area (Å²) in [6.45, 7) is 3.21. The van der Waals surface area contributed by atoms with Crippen LogP contribution in [0.25, 0.3) is 11.3 Å². The van der Waals surface area contributed by atoms with E-state index in [2.05, 4.69) is 20.1 Å². The van der Waals surface area contributed by atoms with Crippen LogP contribution in [0.3, 0.4) is 0 Å². The molecule has 28 heavy (non-hydrogen) atoms. The molecule has 0 aromatic carbocycles. The third-order valence-corrected chi connectivity index (χ3v) is 3.85. The van der Waals surface area contributed by atoms with Gasteiger partial charge in [-0.15, -0.1) is 0 Å². The van der Waals surface area contributed by atoms with Crippen molar-refractivity contribution in [2.45, 2.75) is 26.1 Å². The number of nitrogens with zero attached hydrogens (tertiary/aromatic N) is 6. The van der Waals surface area contributed by atoms with Gasteiger partial charge in [-0.25, -0.2) is 23.4 Å². The number of anilines is 1. The maximum absolute atomic E-state index is 13.8. The number of hydrogen-bond acceptors (Lipinski definition) is 6. The molecule has 7 nitrogen and oxygen atoms in total. The van der Waals surface area contributed by atoms with Crippen molar-refractivity contribution in [3.63, 3.8) is 0 Å². The fourth-order valence-corrected chi connectivity index (χ4v) is 2.72. The second-order valence-electron chi connectivity index (χ2n) is 7.07. The zero-order valence-electron chi connectivity index (χ0n) is 15.8. The predicted octanol–water partition coefficient (Wildman–Crippen LogP) is 2.47. The quantitative estimate of drug-likeness (QED) is 0.648. The molecule has 3 aromatic heterocycles. The Morgan fingerprint density at radius 3 is 2.50 bits per heavy atom. The second kappa shape index (κ2) is 7.79. The van der Waals surface area contributed by atoms with Crippen molar-refractivity contribution in [1.29, 1.82) is 0 Å². The van der Waals surface area contributed by atoms with Crippen LogP contribution < -0.4 is 10.5 Å². The Morgan fingerprint density at radius 2 is 1.86 bits per heavy atom. The van der Waals surface area contributed by atoms with Gasteiger partial charge < -0.3 is 4.90 Å². The Labute approximate surface area is 160 Å². The highest BCUT2D eigenvalue weighted by Gasteiger charge is 2.19. The zero-order valence-corrected chi connectivity index (χ0v) is 15.8. The van der Waals surface area contributed by atoms with Gasteiger partial charge in [0.2, 0.25) is 5.95 Å². The van der Waals surface area contributed by atoms with Gasteiger partial charge >= 0.3 is 0 Å². The molecule has 0 fully saturated rings. The number of rotatable bonds is 6. The molecule has 0 aliphatic heterocycles. The molecular formula is C19H20F2N6O. The molecule has 0 saturated heterocycles. The molecule has 0 aliphatic rings. The maximum atomic E-state index is 13.8. The predicted molar refractivity (Wildman–Crippen MR) is 101 cm³/mol. The van der Waals surface area contributed by atoms with Crippen LogP contribution in [0.1, 0.15) is 19.4 Å². The first-order valence-electron chi connectivity index (χ1n) is 8.61. The van der Waals surface area contributed by atoms with Crippen molar-refractivity contribution in [1.82, 2.24) is 24.7 Å². The summed E-state index contributed by atoms with van der Waals surface area (Å²) in [5.74, 6) is -0.0973. The minimum absolute atomic E-state index is 0.0880. The van der Waals surface area contributed by atoms with Crippen LogP contribution in [0.4, 0.5) is 14.7 Å². The van der Waals surface area contributed by atoms with Gasteiger partial charge in [0, 0.05) is 37.3 Å². The molecule has 0 aliphatic carbocycles. The van der Waals surface area contributed by atoms with Gasteiger partial charge in [0.1, 0.15) is 11.5 Å². The number of halogens is 2. The summed E-state index contributed by atoms with van der Waals surface area (Å²) in [5.41, 5.74) is -0.0874. The first-order valence-corrected chi connectivity index (χ1v) is 8.61. The lowest BCUT2D eigenvalue weighted by molar-refractivity contribution is 0.224. The van der Waals surface area contributed by atoms with Crippen molar-refractivity contribution >= 4 is 5.95 Å². The normalized spacial score (nSPS) is 11.5. The molecule has 0 bridgehead atoms. The zero-order chi connectivity index (χ0) is 20.3. The Bertz CT molecular complexity index is 1010. The van der Waals surface area contributed by atoms with Crippen molar-refractivity contribution in [3.05, 3.63) is 64.7 Å². The molecule has 0 amide bonds. The number of alkyl halides is 1. The lowest BCUT2D eigenvalue weighted by Gasteiger charge is -2.23. The standard InChI is InChI=1S/C19H20F2N6O/c1-19(2,21)12-26(3)18-23-8-14(9-24-18)16-4-5-17(28)27(25-16)11-13-6-15(20)10-22-7-13/h4-10H,11-12H2,1-3H3. The minimum Gasteiger partial charge on any atom is -0.341 e. The highest BCUT2D eigenvalue weighted by atomic mass is 19.1. The first kappa shape index (κ1) is 19.5. The molecule has 0 radical (unpaired) electrons. The van der Waals surface area contributed by atoms with E-state index in [1.807, 2.05) is 0 Å². The van der Waals surface area contributed by atoms with Gasteiger partial charge in [-0.05, 0) is 31.5 Å². The van der Waals surface area contributed by atoms with E-state index in [0.29, 0.717) is 22.8 Å². The van der Waals surface area contributed by atoms with Gasteiger partial charge in [-0.2, -0.15) is 5.10 Å². The third-order valence-electron chi connectivity index (χ3n) is 3.85.